The molecule has 1 amide bonds. The Morgan fingerprint density at radius 1 is 1.57 bits per heavy atom. The molecule has 1 saturated carbocycles. The lowest BCUT2D eigenvalue weighted by molar-refractivity contribution is -0.137. The Balaban J connectivity index is 1.96. The lowest BCUT2D eigenvalue weighted by Gasteiger charge is -2.35. The first-order chi connectivity index (χ1) is 6.53. The predicted molar refractivity (Wildman–Crippen MR) is 52.5 cm³/mol. The quantitative estimate of drug-likeness (QED) is 0.608. The van der Waals surface area contributed by atoms with Gasteiger partial charge in [0.15, 0.2) is 0 Å². The zero-order valence-corrected chi connectivity index (χ0v) is 8.57. The monoisotopic (exact) mass is 198 g/mol. The smallest absolute Gasteiger partial charge is 0.242 e. The van der Waals surface area contributed by atoms with Gasteiger partial charge in [-0.05, 0) is 25.2 Å². The molecular weight excluding hydrogens is 180 g/mol. The first kappa shape index (κ1) is 9.93. The van der Waals surface area contributed by atoms with Crippen LogP contribution >= 0.6 is 0 Å². The SMILES string of the molecule is CC1CCN(C(=O)C2(N)CC2)CC1O. The first-order valence-electron chi connectivity index (χ1n) is 5.29. The lowest BCUT2D eigenvalue weighted by Crippen LogP contribution is -2.52. The second-order valence-corrected chi connectivity index (χ2v) is 4.74. The van der Waals surface area contributed by atoms with E-state index in [0.717, 1.165) is 25.8 Å². The number of likely N-dealkylation sites (tertiary alicyclic amines) is 1. The van der Waals surface area contributed by atoms with Gasteiger partial charge in [0.05, 0.1) is 11.6 Å². The molecule has 2 atom stereocenters. The number of piperidine rings is 1. The molecule has 0 radical (unpaired) electrons. The van der Waals surface area contributed by atoms with Crippen molar-refractivity contribution in [3.63, 3.8) is 0 Å². The van der Waals surface area contributed by atoms with E-state index in [2.05, 4.69) is 0 Å². The molecule has 0 aromatic carbocycles. The lowest BCUT2D eigenvalue weighted by atomic mass is 9.95. The normalized spacial score (nSPS) is 35.5. The summed E-state index contributed by atoms with van der Waals surface area (Å²) >= 11 is 0. The van der Waals surface area contributed by atoms with Gasteiger partial charge in [0.2, 0.25) is 5.91 Å². The summed E-state index contributed by atoms with van der Waals surface area (Å²) in [5, 5.41) is 9.65. The molecule has 4 nitrogen and oxygen atoms in total. The molecule has 0 bridgehead atoms. The minimum absolute atomic E-state index is 0.0310. The molecule has 80 valence electrons. The molecule has 0 aromatic rings. The molecule has 1 heterocycles. The van der Waals surface area contributed by atoms with E-state index in [1.165, 1.54) is 0 Å². The minimum atomic E-state index is -0.583. The van der Waals surface area contributed by atoms with Crippen LogP contribution in [0.1, 0.15) is 26.2 Å². The summed E-state index contributed by atoms with van der Waals surface area (Å²) in [5.74, 6) is 0.329. The van der Waals surface area contributed by atoms with E-state index in [1.807, 2.05) is 6.92 Å². The van der Waals surface area contributed by atoms with E-state index in [9.17, 15) is 9.90 Å². The minimum Gasteiger partial charge on any atom is -0.391 e. The van der Waals surface area contributed by atoms with Crippen molar-refractivity contribution in [1.82, 2.24) is 4.90 Å². The Labute approximate surface area is 84.1 Å². The van der Waals surface area contributed by atoms with Gasteiger partial charge in [0.1, 0.15) is 0 Å². The van der Waals surface area contributed by atoms with Crippen LogP contribution in [0.3, 0.4) is 0 Å². The van der Waals surface area contributed by atoms with E-state index in [-0.39, 0.29) is 12.0 Å². The maximum absolute atomic E-state index is 11.8. The van der Waals surface area contributed by atoms with Crippen LogP contribution in [0.15, 0.2) is 0 Å². The Bertz CT molecular complexity index is 251. The third-order valence-corrected chi connectivity index (χ3v) is 3.42. The second-order valence-electron chi connectivity index (χ2n) is 4.74. The van der Waals surface area contributed by atoms with E-state index >= 15 is 0 Å². The number of carbonyl (C=O) groups excluding carboxylic acids is 1. The molecule has 1 aliphatic carbocycles. The van der Waals surface area contributed by atoms with E-state index < -0.39 is 5.54 Å². The summed E-state index contributed by atoms with van der Waals surface area (Å²) in [7, 11) is 0. The van der Waals surface area contributed by atoms with Gasteiger partial charge in [0, 0.05) is 13.1 Å². The van der Waals surface area contributed by atoms with E-state index in [1.54, 1.807) is 4.90 Å². The highest BCUT2D eigenvalue weighted by Crippen LogP contribution is 2.35. The Morgan fingerprint density at radius 3 is 2.71 bits per heavy atom. The van der Waals surface area contributed by atoms with Crippen molar-refractivity contribution in [3.05, 3.63) is 0 Å². The largest absolute Gasteiger partial charge is 0.391 e. The van der Waals surface area contributed by atoms with Crippen molar-refractivity contribution in [2.45, 2.75) is 37.8 Å². The maximum Gasteiger partial charge on any atom is 0.242 e. The fourth-order valence-corrected chi connectivity index (χ4v) is 1.90. The molecule has 14 heavy (non-hydrogen) atoms. The molecule has 2 unspecified atom stereocenters. The highest BCUT2D eigenvalue weighted by atomic mass is 16.3. The fourth-order valence-electron chi connectivity index (χ4n) is 1.90. The van der Waals surface area contributed by atoms with Crippen LogP contribution in [0.4, 0.5) is 0 Å². The zero-order valence-electron chi connectivity index (χ0n) is 8.57. The van der Waals surface area contributed by atoms with Crippen LogP contribution in [0.5, 0.6) is 0 Å². The number of nitrogens with zero attached hydrogens (tertiary/aromatic N) is 1. The maximum atomic E-state index is 11.8. The Kier molecular flexibility index (Phi) is 2.27. The van der Waals surface area contributed by atoms with Crippen molar-refractivity contribution in [3.8, 4) is 0 Å². The van der Waals surface area contributed by atoms with E-state index in [4.69, 9.17) is 5.73 Å². The highest BCUT2D eigenvalue weighted by molar-refractivity contribution is 5.89. The highest BCUT2D eigenvalue weighted by Gasteiger charge is 2.48. The Hall–Kier alpha value is -0.610. The van der Waals surface area contributed by atoms with Crippen LogP contribution in [-0.4, -0.2) is 40.6 Å². The fraction of sp³-hybridized carbons (Fsp3) is 0.900. The standard InChI is InChI=1S/C10H18N2O2/c1-7-2-5-12(6-8(7)13)9(14)10(11)3-4-10/h7-8,13H,2-6,11H2,1H3. The summed E-state index contributed by atoms with van der Waals surface area (Å²) in [4.78, 5) is 13.5. The van der Waals surface area contributed by atoms with Gasteiger partial charge in [0.25, 0.3) is 0 Å². The van der Waals surface area contributed by atoms with E-state index in [0.29, 0.717) is 12.5 Å². The molecule has 1 saturated heterocycles. The van der Waals surface area contributed by atoms with Gasteiger partial charge in [-0.1, -0.05) is 6.92 Å². The van der Waals surface area contributed by atoms with Crippen molar-refractivity contribution in [2.75, 3.05) is 13.1 Å². The number of hydrogen-bond acceptors (Lipinski definition) is 3. The average molecular weight is 198 g/mol. The van der Waals surface area contributed by atoms with Crippen molar-refractivity contribution < 1.29 is 9.90 Å². The van der Waals surface area contributed by atoms with Crippen LogP contribution < -0.4 is 5.73 Å². The number of amides is 1. The number of nitrogens with two attached hydrogens (primary N) is 1. The molecule has 2 rings (SSSR count). The topological polar surface area (TPSA) is 66.6 Å². The van der Waals surface area contributed by atoms with Crippen LogP contribution in [0.25, 0.3) is 0 Å². The molecule has 2 fully saturated rings. The molecule has 0 aromatic heterocycles. The molecule has 3 N–H and O–H groups in total. The van der Waals surface area contributed by atoms with Gasteiger partial charge in [-0.3, -0.25) is 4.79 Å². The predicted octanol–water partition coefficient (Wildman–Crippen LogP) is -0.293. The van der Waals surface area contributed by atoms with Gasteiger partial charge in [-0.2, -0.15) is 0 Å². The summed E-state index contributed by atoms with van der Waals surface area (Å²) in [5.41, 5.74) is 5.25. The third-order valence-electron chi connectivity index (χ3n) is 3.42. The van der Waals surface area contributed by atoms with Gasteiger partial charge in [-0.25, -0.2) is 0 Å². The summed E-state index contributed by atoms with van der Waals surface area (Å²) in [6.45, 7) is 3.22. The molecular formula is C10H18N2O2. The molecule has 2 aliphatic rings. The second kappa shape index (κ2) is 3.21. The third kappa shape index (κ3) is 1.64. The van der Waals surface area contributed by atoms with Gasteiger partial charge >= 0.3 is 0 Å². The van der Waals surface area contributed by atoms with Crippen LogP contribution in [0.2, 0.25) is 0 Å². The number of aliphatic hydroxyl groups excluding tert-OH is 1. The van der Waals surface area contributed by atoms with Gasteiger partial charge in [-0.15, -0.1) is 0 Å². The zero-order chi connectivity index (χ0) is 10.3. The molecule has 4 heteroatoms. The number of aliphatic hydroxyl groups is 1. The number of hydrogen-bond donors (Lipinski definition) is 2. The summed E-state index contributed by atoms with van der Waals surface area (Å²) in [6, 6.07) is 0. The van der Waals surface area contributed by atoms with Crippen molar-refractivity contribution >= 4 is 5.91 Å². The van der Waals surface area contributed by atoms with Gasteiger partial charge < -0.3 is 15.7 Å². The number of rotatable bonds is 1. The average Bonchev–Trinajstić information content (AvgIpc) is 2.89. The van der Waals surface area contributed by atoms with Crippen molar-refractivity contribution in [2.24, 2.45) is 11.7 Å². The number of carbonyl (C=O) groups is 1. The Morgan fingerprint density at radius 2 is 2.21 bits per heavy atom. The van der Waals surface area contributed by atoms with Crippen LogP contribution in [-0.2, 0) is 4.79 Å². The van der Waals surface area contributed by atoms with Crippen LogP contribution in [0, 0.1) is 5.92 Å². The molecule has 0 spiro atoms. The summed E-state index contributed by atoms with van der Waals surface area (Å²) in [6.07, 6.45) is 2.10. The van der Waals surface area contributed by atoms with Crippen molar-refractivity contribution in [1.29, 1.82) is 0 Å². The first-order valence-corrected chi connectivity index (χ1v) is 5.29. The number of β-amino-alcohol motifs (C(OH)–C–C–N with tert-alkyl or cyclic N) is 1. The summed E-state index contributed by atoms with van der Waals surface area (Å²) < 4.78 is 0. The molecule has 1 aliphatic heterocycles.